The normalized spacial score (nSPS) is 21.0. The van der Waals surface area contributed by atoms with Crippen molar-refractivity contribution < 1.29 is 0 Å². The van der Waals surface area contributed by atoms with Crippen LogP contribution in [0.15, 0.2) is 0 Å². The van der Waals surface area contributed by atoms with Gasteiger partial charge in [0.15, 0.2) is 0 Å². The molecule has 0 saturated heterocycles. The zero-order chi connectivity index (χ0) is 11.5. The van der Waals surface area contributed by atoms with Gasteiger partial charge < -0.3 is 5.73 Å². The maximum Gasteiger partial charge on any atom is 0.0300 e. The van der Waals surface area contributed by atoms with Gasteiger partial charge in [0.1, 0.15) is 0 Å². The molecular weight excluding hydrogens is 184 g/mol. The molecule has 0 heterocycles. The quantitative estimate of drug-likeness (QED) is 0.702. The van der Waals surface area contributed by atoms with Crippen molar-refractivity contribution in [1.82, 2.24) is 4.90 Å². The molecule has 0 radical (unpaired) electrons. The molecular formula is C13H28N2. The van der Waals surface area contributed by atoms with Crippen LogP contribution in [0.1, 0.15) is 46.5 Å². The molecule has 2 nitrogen and oxygen atoms in total. The lowest BCUT2D eigenvalue weighted by molar-refractivity contribution is 0.121. The summed E-state index contributed by atoms with van der Waals surface area (Å²) in [7, 11) is 2.24. The average Bonchev–Trinajstić information content (AvgIpc) is 2.97. The van der Waals surface area contributed by atoms with Gasteiger partial charge >= 0.3 is 0 Å². The van der Waals surface area contributed by atoms with Gasteiger partial charge in [0, 0.05) is 18.6 Å². The van der Waals surface area contributed by atoms with E-state index < -0.39 is 0 Å². The van der Waals surface area contributed by atoms with Crippen molar-refractivity contribution in [2.45, 2.75) is 52.0 Å². The van der Waals surface area contributed by atoms with Crippen molar-refractivity contribution in [1.29, 1.82) is 0 Å². The molecule has 1 fully saturated rings. The molecule has 15 heavy (non-hydrogen) atoms. The van der Waals surface area contributed by atoms with Crippen molar-refractivity contribution in [2.24, 2.45) is 17.6 Å². The Morgan fingerprint density at radius 2 is 2.00 bits per heavy atom. The first kappa shape index (κ1) is 13.0. The van der Waals surface area contributed by atoms with Gasteiger partial charge in [-0.25, -0.2) is 0 Å². The Bertz CT molecular complexity index is 187. The lowest BCUT2D eigenvalue weighted by atomic mass is 9.90. The van der Waals surface area contributed by atoms with Crippen LogP contribution in [-0.2, 0) is 0 Å². The molecule has 2 N–H and O–H groups in total. The molecule has 0 amide bonds. The van der Waals surface area contributed by atoms with E-state index in [0.29, 0.717) is 0 Å². The van der Waals surface area contributed by atoms with Gasteiger partial charge in [-0.05, 0) is 51.5 Å². The molecule has 1 aliphatic carbocycles. The highest BCUT2D eigenvalue weighted by atomic mass is 15.2. The van der Waals surface area contributed by atoms with Crippen LogP contribution in [0.3, 0.4) is 0 Å². The minimum Gasteiger partial charge on any atom is -0.329 e. The summed E-state index contributed by atoms with van der Waals surface area (Å²) in [5.41, 5.74) is 6.16. The predicted octanol–water partition coefficient (Wildman–Crippen LogP) is 2.48. The topological polar surface area (TPSA) is 29.3 Å². The zero-order valence-corrected chi connectivity index (χ0v) is 10.9. The van der Waals surface area contributed by atoms with Crippen LogP contribution in [0.5, 0.6) is 0 Å². The third-order valence-corrected chi connectivity index (χ3v) is 3.85. The van der Waals surface area contributed by atoms with Crippen molar-refractivity contribution in [3.63, 3.8) is 0 Å². The molecule has 0 bridgehead atoms. The summed E-state index contributed by atoms with van der Waals surface area (Å²) in [6.45, 7) is 8.92. The van der Waals surface area contributed by atoms with Gasteiger partial charge in [-0.1, -0.05) is 13.8 Å². The number of rotatable bonds is 7. The molecule has 90 valence electrons. The standard InChI is InChI=1S/C13H28N2/c1-11(2)7-8-13(3,10-14)15(4)9-12-5-6-12/h11-12H,5-10,14H2,1-4H3. The second-order valence-electron chi connectivity index (χ2n) is 5.96. The van der Waals surface area contributed by atoms with Crippen molar-refractivity contribution in [2.75, 3.05) is 20.1 Å². The highest BCUT2D eigenvalue weighted by Crippen LogP contribution is 2.32. The first-order chi connectivity index (χ1) is 6.98. The van der Waals surface area contributed by atoms with Crippen LogP contribution >= 0.6 is 0 Å². The largest absolute Gasteiger partial charge is 0.329 e. The molecule has 1 rings (SSSR count). The van der Waals surface area contributed by atoms with Crippen LogP contribution in [0.25, 0.3) is 0 Å². The molecule has 0 aromatic heterocycles. The third-order valence-electron chi connectivity index (χ3n) is 3.85. The smallest absolute Gasteiger partial charge is 0.0300 e. The molecule has 0 spiro atoms. The molecule has 0 aliphatic heterocycles. The van der Waals surface area contributed by atoms with E-state index in [4.69, 9.17) is 5.73 Å². The molecule has 2 heteroatoms. The number of hydrogen-bond donors (Lipinski definition) is 1. The highest BCUT2D eigenvalue weighted by Gasteiger charge is 2.32. The van der Waals surface area contributed by atoms with E-state index in [9.17, 15) is 0 Å². The van der Waals surface area contributed by atoms with Crippen LogP contribution in [0.2, 0.25) is 0 Å². The van der Waals surface area contributed by atoms with Gasteiger partial charge in [-0.3, -0.25) is 4.90 Å². The van der Waals surface area contributed by atoms with Gasteiger partial charge in [0.05, 0.1) is 0 Å². The van der Waals surface area contributed by atoms with Gasteiger partial charge in [0.2, 0.25) is 0 Å². The van der Waals surface area contributed by atoms with E-state index in [0.717, 1.165) is 18.4 Å². The first-order valence-corrected chi connectivity index (χ1v) is 6.39. The average molecular weight is 212 g/mol. The molecule has 1 saturated carbocycles. The summed E-state index contributed by atoms with van der Waals surface area (Å²) in [4.78, 5) is 2.49. The fraction of sp³-hybridized carbons (Fsp3) is 1.00. The van der Waals surface area contributed by atoms with Crippen molar-refractivity contribution >= 4 is 0 Å². The summed E-state index contributed by atoms with van der Waals surface area (Å²) in [6, 6.07) is 0. The van der Waals surface area contributed by atoms with E-state index in [1.54, 1.807) is 0 Å². The van der Waals surface area contributed by atoms with Crippen LogP contribution in [-0.4, -0.2) is 30.6 Å². The zero-order valence-electron chi connectivity index (χ0n) is 10.9. The monoisotopic (exact) mass is 212 g/mol. The molecule has 1 atom stereocenters. The Morgan fingerprint density at radius 1 is 1.40 bits per heavy atom. The second-order valence-corrected chi connectivity index (χ2v) is 5.96. The van der Waals surface area contributed by atoms with Gasteiger partial charge in [0.25, 0.3) is 0 Å². The summed E-state index contributed by atoms with van der Waals surface area (Å²) < 4.78 is 0. The molecule has 1 unspecified atom stereocenters. The Kier molecular flexibility index (Phi) is 4.60. The van der Waals surface area contributed by atoms with Crippen LogP contribution in [0.4, 0.5) is 0 Å². The first-order valence-electron chi connectivity index (χ1n) is 6.39. The SMILES string of the molecule is CC(C)CCC(C)(CN)N(C)CC1CC1. The molecule has 1 aliphatic rings. The van der Waals surface area contributed by atoms with Crippen molar-refractivity contribution in [3.8, 4) is 0 Å². The fourth-order valence-electron chi connectivity index (χ4n) is 1.96. The second kappa shape index (κ2) is 5.31. The van der Waals surface area contributed by atoms with Crippen molar-refractivity contribution in [3.05, 3.63) is 0 Å². The van der Waals surface area contributed by atoms with E-state index >= 15 is 0 Å². The van der Waals surface area contributed by atoms with E-state index in [2.05, 4.69) is 32.7 Å². The third kappa shape index (κ3) is 4.12. The number of likely N-dealkylation sites (N-methyl/N-ethyl adjacent to an activating group) is 1. The van der Waals surface area contributed by atoms with E-state index in [1.807, 2.05) is 0 Å². The van der Waals surface area contributed by atoms with E-state index in [-0.39, 0.29) is 5.54 Å². The van der Waals surface area contributed by atoms with Crippen LogP contribution in [0, 0.1) is 11.8 Å². The molecule has 0 aromatic carbocycles. The van der Waals surface area contributed by atoms with Crippen LogP contribution < -0.4 is 5.73 Å². The summed E-state index contributed by atoms with van der Waals surface area (Å²) in [5, 5.41) is 0. The maximum atomic E-state index is 5.95. The highest BCUT2D eigenvalue weighted by molar-refractivity contribution is 4.89. The Labute approximate surface area is 95.2 Å². The predicted molar refractivity (Wildman–Crippen MR) is 66.9 cm³/mol. The lowest BCUT2D eigenvalue weighted by Crippen LogP contribution is -2.50. The summed E-state index contributed by atoms with van der Waals surface area (Å²) in [6.07, 6.45) is 5.36. The van der Waals surface area contributed by atoms with Gasteiger partial charge in [-0.2, -0.15) is 0 Å². The summed E-state index contributed by atoms with van der Waals surface area (Å²) in [5.74, 6) is 1.74. The number of hydrogen-bond acceptors (Lipinski definition) is 2. The fourth-order valence-corrected chi connectivity index (χ4v) is 1.96. The number of nitrogens with two attached hydrogens (primary N) is 1. The lowest BCUT2D eigenvalue weighted by Gasteiger charge is -2.39. The minimum atomic E-state index is 0.215. The summed E-state index contributed by atoms with van der Waals surface area (Å²) >= 11 is 0. The minimum absolute atomic E-state index is 0.215. The Balaban J connectivity index is 2.40. The Hall–Kier alpha value is -0.0800. The number of nitrogens with zero attached hydrogens (tertiary/aromatic N) is 1. The molecule has 0 aromatic rings. The van der Waals surface area contributed by atoms with E-state index in [1.165, 1.54) is 32.2 Å². The Morgan fingerprint density at radius 3 is 2.40 bits per heavy atom. The maximum absolute atomic E-state index is 5.95. The van der Waals surface area contributed by atoms with Gasteiger partial charge in [-0.15, -0.1) is 0 Å².